The smallest absolute Gasteiger partial charge is 0.326 e. The zero-order valence-electron chi connectivity index (χ0n) is 11.8. The first-order valence-electron chi connectivity index (χ1n) is 6.31. The summed E-state index contributed by atoms with van der Waals surface area (Å²) < 4.78 is 10.5. The van der Waals surface area contributed by atoms with Gasteiger partial charge >= 0.3 is 5.97 Å². The molecule has 6 heteroatoms. The Bertz CT molecular complexity index is 457. The van der Waals surface area contributed by atoms with E-state index in [2.05, 4.69) is 5.32 Å². The molecule has 2 atom stereocenters. The summed E-state index contributed by atoms with van der Waals surface area (Å²) in [5.74, 6) is -0.323. The van der Waals surface area contributed by atoms with Crippen LogP contribution in [0.1, 0.15) is 20.3 Å². The maximum absolute atomic E-state index is 11.8. The van der Waals surface area contributed by atoms with Gasteiger partial charge in [0.05, 0.1) is 7.11 Å². The van der Waals surface area contributed by atoms with Gasteiger partial charge in [0.2, 0.25) is 0 Å². The minimum Gasteiger partial charge on any atom is -0.497 e. The summed E-state index contributed by atoms with van der Waals surface area (Å²) >= 11 is 0. The van der Waals surface area contributed by atoms with Gasteiger partial charge in [0.1, 0.15) is 17.5 Å². The monoisotopic (exact) mass is 281 g/mol. The van der Waals surface area contributed by atoms with E-state index in [9.17, 15) is 9.59 Å². The summed E-state index contributed by atoms with van der Waals surface area (Å²) in [7, 11) is 1.56. The molecule has 0 aliphatic heterocycles. The number of amides is 1. The van der Waals surface area contributed by atoms with Crippen molar-refractivity contribution in [3.05, 3.63) is 24.3 Å². The molecule has 0 aliphatic rings. The fourth-order valence-electron chi connectivity index (χ4n) is 1.54. The Hall–Kier alpha value is -2.24. The first-order valence-corrected chi connectivity index (χ1v) is 6.31. The van der Waals surface area contributed by atoms with Gasteiger partial charge in [0.25, 0.3) is 5.91 Å². The number of carboxylic acids is 1. The van der Waals surface area contributed by atoms with Crippen molar-refractivity contribution in [2.45, 2.75) is 32.4 Å². The zero-order chi connectivity index (χ0) is 15.1. The Morgan fingerprint density at radius 2 is 1.80 bits per heavy atom. The van der Waals surface area contributed by atoms with Gasteiger partial charge in [-0.25, -0.2) is 4.79 Å². The van der Waals surface area contributed by atoms with Crippen LogP contribution in [0, 0.1) is 0 Å². The highest BCUT2D eigenvalue weighted by Gasteiger charge is 2.22. The first-order chi connectivity index (χ1) is 9.47. The maximum atomic E-state index is 11.8. The molecule has 0 heterocycles. The van der Waals surface area contributed by atoms with Crippen molar-refractivity contribution in [3.8, 4) is 11.5 Å². The molecule has 20 heavy (non-hydrogen) atoms. The molecule has 0 spiro atoms. The molecule has 1 aromatic rings. The number of methoxy groups -OCH3 is 1. The number of carbonyl (C=O) groups is 2. The van der Waals surface area contributed by atoms with E-state index >= 15 is 0 Å². The van der Waals surface area contributed by atoms with Gasteiger partial charge in [-0.2, -0.15) is 0 Å². The van der Waals surface area contributed by atoms with Crippen LogP contribution in [-0.4, -0.2) is 36.2 Å². The van der Waals surface area contributed by atoms with Crippen LogP contribution < -0.4 is 14.8 Å². The van der Waals surface area contributed by atoms with E-state index < -0.39 is 24.0 Å². The molecule has 0 aromatic heterocycles. The van der Waals surface area contributed by atoms with E-state index in [4.69, 9.17) is 14.6 Å². The van der Waals surface area contributed by atoms with Crippen LogP contribution in [0.2, 0.25) is 0 Å². The summed E-state index contributed by atoms with van der Waals surface area (Å²) in [6.45, 7) is 3.25. The number of benzene rings is 1. The lowest BCUT2D eigenvalue weighted by molar-refractivity contribution is -0.143. The normalized spacial score (nSPS) is 13.2. The molecule has 110 valence electrons. The topological polar surface area (TPSA) is 84.9 Å². The number of carbonyl (C=O) groups excluding carboxylic acids is 1. The summed E-state index contributed by atoms with van der Waals surface area (Å²) in [6.07, 6.45) is -0.465. The second-order valence-corrected chi connectivity index (χ2v) is 4.24. The van der Waals surface area contributed by atoms with Crippen molar-refractivity contribution in [2.75, 3.05) is 7.11 Å². The van der Waals surface area contributed by atoms with E-state index in [1.165, 1.54) is 0 Å². The van der Waals surface area contributed by atoms with Crippen molar-refractivity contribution >= 4 is 11.9 Å². The number of nitrogens with one attached hydrogen (secondary N) is 1. The molecule has 0 fully saturated rings. The highest BCUT2D eigenvalue weighted by atomic mass is 16.5. The fourth-order valence-corrected chi connectivity index (χ4v) is 1.54. The largest absolute Gasteiger partial charge is 0.497 e. The summed E-state index contributed by atoms with van der Waals surface area (Å²) in [5.41, 5.74) is 0. The van der Waals surface area contributed by atoms with Gasteiger partial charge in [-0.15, -0.1) is 0 Å². The number of carboxylic acid groups (broad SMARTS) is 1. The van der Waals surface area contributed by atoms with Crippen LogP contribution >= 0.6 is 0 Å². The van der Waals surface area contributed by atoms with Gasteiger partial charge in [-0.1, -0.05) is 6.92 Å². The molecule has 0 saturated heterocycles. The highest BCUT2D eigenvalue weighted by molar-refractivity contribution is 5.86. The predicted molar refractivity (Wildman–Crippen MR) is 72.9 cm³/mol. The Morgan fingerprint density at radius 1 is 1.25 bits per heavy atom. The molecule has 0 aliphatic carbocycles. The summed E-state index contributed by atoms with van der Waals surface area (Å²) in [6, 6.07) is 5.89. The molecule has 1 aromatic carbocycles. The second-order valence-electron chi connectivity index (χ2n) is 4.24. The Morgan fingerprint density at radius 3 is 2.25 bits per heavy atom. The third-order valence-corrected chi connectivity index (χ3v) is 2.76. The van der Waals surface area contributed by atoms with Crippen molar-refractivity contribution in [1.29, 1.82) is 0 Å². The molecule has 2 N–H and O–H groups in total. The molecular weight excluding hydrogens is 262 g/mol. The van der Waals surface area contributed by atoms with Gasteiger partial charge in [0.15, 0.2) is 6.10 Å². The van der Waals surface area contributed by atoms with Crippen molar-refractivity contribution in [3.63, 3.8) is 0 Å². The Labute approximate surface area is 117 Å². The van der Waals surface area contributed by atoms with Crippen LogP contribution in [-0.2, 0) is 9.59 Å². The third-order valence-electron chi connectivity index (χ3n) is 2.76. The van der Waals surface area contributed by atoms with Gasteiger partial charge in [0, 0.05) is 0 Å². The quantitative estimate of drug-likeness (QED) is 0.790. The molecule has 1 rings (SSSR count). The van der Waals surface area contributed by atoms with E-state index in [0.717, 1.165) is 0 Å². The van der Waals surface area contributed by atoms with Gasteiger partial charge in [-0.05, 0) is 37.6 Å². The fraction of sp³-hybridized carbons (Fsp3) is 0.429. The lowest BCUT2D eigenvalue weighted by atomic mass is 10.2. The number of aliphatic carboxylic acids is 1. The minimum atomic E-state index is -1.06. The molecule has 0 saturated carbocycles. The van der Waals surface area contributed by atoms with E-state index in [-0.39, 0.29) is 0 Å². The van der Waals surface area contributed by atoms with E-state index in [1.807, 2.05) is 0 Å². The first kappa shape index (κ1) is 15.8. The molecule has 0 radical (unpaired) electrons. The number of rotatable bonds is 7. The predicted octanol–water partition coefficient (Wildman–Crippen LogP) is 1.44. The molecular formula is C14H19NO5. The zero-order valence-corrected chi connectivity index (χ0v) is 11.8. The number of hydrogen-bond donors (Lipinski definition) is 2. The molecule has 2 unspecified atom stereocenters. The summed E-state index contributed by atoms with van der Waals surface area (Å²) in [4.78, 5) is 22.7. The van der Waals surface area contributed by atoms with Crippen LogP contribution in [0.3, 0.4) is 0 Å². The van der Waals surface area contributed by atoms with Crippen LogP contribution in [0.25, 0.3) is 0 Å². The van der Waals surface area contributed by atoms with Crippen molar-refractivity contribution < 1.29 is 24.2 Å². The standard InChI is InChI=1S/C14H19NO5/c1-4-12(14(17)18)15-13(16)9(2)20-11-7-5-10(19-3)6-8-11/h5-9,12H,4H2,1-3H3,(H,15,16)(H,17,18). The number of ether oxygens (including phenoxy) is 2. The lowest BCUT2D eigenvalue weighted by Crippen LogP contribution is -2.45. The van der Waals surface area contributed by atoms with Gasteiger partial charge in [-0.3, -0.25) is 4.79 Å². The van der Waals surface area contributed by atoms with Gasteiger partial charge < -0.3 is 19.9 Å². The van der Waals surface area contributed by atoms with Crippen molar-refractivity contribution in [2.24, 2.45) is 0 Å². The average Bonchev–Trinajstić information content (AvgIpc) is 2.44. The van der Waals surface area contributed by atoms with Crippen molar-refractivity contribution in [1.82, 2.24) is 5.32 Å². The molecule has 0 bridgehead atoms. The lowest BCUT2D eigenvalue weighted by Gasteiger charge is -2.18. The Kier molecular flexibility index (Phi) is 5.83. The molecule has 6 nitrogen and oxygen atoms in total. The molecule has 1 amide bonds. The number of hydrogen-bond acceptors (Lipinski definition) is 4. The SMILES string of the molecule is CCC(NC(=O)C(C)Oc1ccc(OC)cc1)C(=O)O. The van der Waals surface area contributed by atoms with Crippen LogP contribution in [0.4, 0.5) is 0 Å². The van der Waals surface area contributed by atoms with E-state index in [1.54, 1.807) is 45.2 Å². The maximum Gasteiger partial charge on any atom is 0.326 e. The second kappa shape index (κ2) is 7.37. The Balaban J connectivity index is 2.58. The van der Waals surface area contributed by atoms with Crippen LogP contribution in [0.5, 0.6) is 11.5 Å². The average molecular weight is 281 g/mol. The summed E-state index contributed by atoms with van der Waals surface area (Å²) in [5, 5.41) is 11.3. The highest BCUT2D eigenvalue weighted by Crippen LogP contribution is 2.18. The minimum absolute atomic E-state index is 0.316. The third kappa shape index (κ3) is 4.46. The van der Waals surface area contributed by atoms with E-state index in [0.29, 0.717) is 17.9 Å². The van der Waals surface area contributed by atoms with Crippen LogP contribution in [0.15, 0.2) is 24.3 Å².